The van der Waals surface area contributed by atoms with Gasteiger partial charge in [0.2, 0.25) is 0 Å². The minimum Gasteiger partial charge on any atom is -0.497 e. The molecule has 1 N–H and O–H groups in total. The molecule has 4 rings (SSSR count). The monoisotopic (exact) mass is 405 g/mol. The molecule has 0 aliphatic heterocycles. The molecule has 0 saturated carbocycles. The Morgan fingerprint density at radius 3 is 2.55 bits per heavy atom. The van der Waals surface area contributed by atoms with Crippen molar-refractivity contribution in [3.05, 3.63) is 76.9 Å². The van der Waals surface area contributed by atoms with E-state index in [-0.39, 0.29) is 12.6 Å². The first-order chi connectivity index (χ1) is 14.2. The smallest absolute Gasteiger partial charge is 0.349 e. The number of methoxy groups -OCH3 is 1. The highest BCUT2D eigenvalue weighted by Gasteiger charge is 2.20. The number of carbonyl (C=O) groups excluding carboxylic acids is 1. The summed E-state index contributed by atoms with van der Waals surface area (Å²) in [6, 6.07) is 17.2. The summed E-state index contributed by atoms with van der Waals surface area (Å²) in [6.45, 7) is 2.12. The van der Waals surface area contributed by atoms with E-state index < -0.39 is 0 Å². The van der Waals surface area contributed by atoms with Crippen LogP contribution in [0, 0.1) is 6.92 Å². The fraction of sp³-hybridized carbons (Fsp3) is 0.136. The minimum atomic E-state index is -0.357. The Kier molecular flexibility index (Phi) is 5.39. The molecule has 2 aromatic carbocycles. The SMILES string of the molecule is COc1ccc(Nc2ncnc3sc(C(=O)OCc4ccccc4)c(C)c23)cc1. The van der Waals surface area contributed by atoms with Gasteiger partial charge in [0.25, 0.3) is 0 Å². The van der Waals surface area contributed by atoms with Gasteiger partial charge in [-0.05, 0) is 42.3 Å². The number of fused-ring (bicyclic) bond motifs is 1. The number of hydrogen-bond acceptors (Lipinski definition) is 7. The highest BCUT2D eigenvalue weighted by Crippen LogP contribution is 2.35. The van der Waals surface area contributed by atoms with Crippen molar-refractivity contribution in [2.75, 3.05) is 12.4 Å². The fourth-order valence-corrected chi connectivity index (χ4v) is 4.00. The van der Waals surface area contributed by atoms with Crippen molar-refractivity contribution in [1.29, 1.82) is 0 Å². The van der Waals surface area contributed by atoms with Crippen LogP contribution in [0.4, 0.5) is 11.5 Å². The summed E-state index contributed by atoms with van der Waals surface area (Å²) in [5, 5.41) is 4.12. The van der Waals surface area contributed by atoms with Gasteiger partial charge in [0.15, 0.2) is 0 Å². The average molecular weight is 405 g/mol. The van der Waals surface area contributed by atoms with E-state index in [0.717, 1.165) is 32.8 Å². The van der Waals surface area contributed by atoms with Crippen LogP contribution in [0.25, 0.3) is 10.2 Å². The summed E-state index contributed by atoms with van der Waals surface area (Å²) in [5.74, 6) is 1.07. The molecule has 0 aliphatic carbocycles. The Morgan fingerprint density at radius 1 is 1.07 bits per heavy atom. The molecular weight excluding hydrogens is 386 g/mol. The maximum Gasteiger partial charge on any atom is 0.349 e. The van der Waals surface area contributed by atoms with Gasteiger partial charge in [-0.25, -0.2) is 14.8 Å². The zero-order valence-corrected chi connectivity index (χ0v) is 16.8. The molecule has 2 heterocycles. The Hall–Kier alpha value is -3.45. The molecule has 0 unspecified atom stereocenters. The molecule has 4 aromatic rings. The summed E-state index contributed by atoms with van der Waals surface area (Å²) in [4.78, 5) is 22.6. The highest BCUT2D eigenvalue weighted by atomic mass is 32.1. The highest BCUT2D eigenvalue weighted by molar-refractivity contribution is 7.20. The van der Waals surface area contributed by atoms with Crippen molar-refractivity contribution < 1.29 is 14.3 Å². The predicted octanol–water partition coefficient (Wildman–Crippen LogP) is 5.11. The number of esters is 1. The molecule has 6 nitrogen and oxygen atoms in total. The molecule has 0 spiro atoms. The number of aryl methyl sites for hydroxylation is 1. The normalized spacial score (nSPS) is 10.7. The quantitative estimate of drug-likeness (QED) is 0.450. The first kappa shape index (κ1) is 18.9. The van der Waals surface area contributed by atoms with Gasteiger partial charge in [0, 0.05) is 5.69 Å². The molecule has 29 heavy (non-hydrogen) atoms. The lowest BCUT2D eigenvalue weighted by Crippen LogP contribution is -2.04. The number of ether oxygens (including phenoxy) is 2. The van der Waals surface area contributed by atoms with Crippen molar-refractivity contribution in [2.24, 2.45) is 0 Å². The van der Waals surface area contributed by atoms with E-state index in [1.54, 1.807) is 7.11 Å². The molecule has 2 aromatic heterocycles. The van der Waals surface area contributed by atoms with Crippen LogP contribution in [0.2, 0.25) is 0 Å². The van der Waals surface area contributed by atoms with Crippen molar-refractivity contribution >= 4 is 39.0 Å². The second-order valence-corrected chi connectivity index (χ2v) is 7.37. The third-order valence-electron chi connectivity index (χ3n) is 4.48. The van der Waals surface area contributed by atoms with Crippen molar-refractivity contribution in [2.45, 2.75) is 13.5 Å². The molecule has 0 radical (unpaired) electrons. The van der Waals surface area contributed by atoms with Crippen molar-refractivity contribution in [3.8, 4) is 5.75 Å². The second kappa shape index (κ2) is 8.28. The summed E-state index contributed by atoms with van der Waals surface area (Å²) < 4.78 is 10.7. The maximum atomic E-state index is 12.7. The Balaban J connectivity index is 1.59. The minimum absolute atomic E-state index is 0.232. The van der Waals surface area contributed by atoms with E-state index in [1.807, 2.05) is 61.5 Å². The van der Waals surface area contributed by atoms with E-state index in [1.165, 1.54) is 17.7 Å². The molecule has 7 heteroatoms. The van der Waals surface area contributed by atoms with Crippen LogP contribution in [0.15, 0.2) is 60.9 Å². The topological polar surface area (TPSA) is 73.3 Å². The second-order valence-electron chi connectivity index (χ2n) is 6.37. The van der Waals surface area contributed by atoms with Crippen LogP contribution < -0.4 is 10.1 Å². The van der Waals surface area contributed by atoms with E-state index in [9.17, 15) is 4.79 Å². The van der Waals surface area contributed by atoms with E-state index in [0.29, 0.717) is 10.7 Å². The van der Waals surface area contributed by atoms with Crippen LogP contribution >= 0.6 is 11.3 Å². The lowest BCUT2D eigenvalue weighted by Gasteiger charge is -2.08. The number of thiophene rings is 1. The molecular formula is C22H19N3O3S. The lowest BCUT2D eigenvalue weighted by atomic mass is 10.2. The van der Waals surface area contributed by atoms with Crippen LogP contribution in [-0.4, -0.2) is 23.0 Å². The van der Waals surface area contributed by atoms with Gasteiger partial charge < -0.3 is 14.8 Å². The fourth-order valence-electron chi connectivity index (χ4n) is 2.96. The molecule has 0 aliphatic rings. The molecule has 0 fully saturated rings. The number of benzene rings is 2. The average Bonchev–Trinajstić information content (AvgIpc) is 3.11. The number of rotatable bonds is 6. The van der Waals surface area contributed by atoms with Gasteiger partial charge in [0.1, 0.15) is 34.2 Å². The van der Waals surface area contributed by atoms with E-state index >= 15 is 0 Å². The van der Waals surface area contributed by atoms with Gasteiger partial charge in [-0.1, -0.05) is 30.3 Å². The summed E-state index contributed by atoms with van der Waals surface area (Å²) in [6.07, 6.45) is 1.49. The first-order valence-electron chi connectivity index (χ1n) is 9.02. The number of nitrogens with one attached hydrogen (secondary N) is 1. The standard InChI is InChI=1S/C22H19N3O3S/c1-14-18-20(25-16-8-10-17(27-2)11-9-16)23-13-24-21(18)29-19(14)22(26)28-12-15-6-4-3-5-7-15/h3-11,13H,12H2,1-2H3,(H,23,24,25). The maximum absolute atomic E-state index is 12.7. The Labute approximate surface area is 172 Å². The third kappa shape index (κ3) is 4.05. The number of carbonyl (C=O) groups is 1. The van der Waals surface area contributed by atoms with Crippen LogP contribution in [0.1, 0.15) is 20.8 Å². The van der Waals surface area contributed by atoms with Crippen LogP contribution in [0.5, 0.6) is 5.75 Å². The Morgan fingerprint density at radius 2 is 1.83 bits per heavy atom. The molecule has 146 valence electrons. The van der Waals surface area contributed by atoms with Crippen molar-refractivity contribution in [3.63, 3.8) is 0 Å². The predicted molar refractivity (Wildman–Crippen MR) is 114 cm³/mol. The number of anilines is 2. The van der Waals surface area contributed by atoms with Crippen molar-refractivity contribution in [1.82, 2.24) is 9.97 Å². The molecule has 0 atom stereocenters. The summed E-state index contributed by atoms with van der Waals surface area (Å²) >= 11 is 1.31. The Bertz CT molecular complexity index is 1140. The molecule has 0 amide bonds. The van der Waals surface area contributed by atoms with Crippen LogP contribution in [-0.2, 0) is 11.3 Å². The van der Waals surface area contributed by atoms with Gasteiger partial charge in [-0.2, -0.15) is 0 Å². The van der Waals surface area contributed by atoms with Crippen LogP contribution in [0.3, 0.4) is 0 Å². The number of hydrogen-bond donors (Lipinski definition) is 1. The molecule has 0 bridgehead atoms. The van der Waals surface area contributed by atoms with E-state index in [4.69, 9.17) is 9.47 Å². The zero-order chi connectivity index (χ0) is 20.2. The number of nitrogens with zero attached hydrogens (tertiary/aromatic N) is 2. The summed E-state index contributed by atoms with van der Waals surface area (Å²) in [7, 11) is 1.63. The number of aromatic nitrogens is 2. The largest absolute Gasteiger partial charge is 0.497 e. The van der Waals surface area contributed by atoms with Gasteiger partial charge in [0.05, 0.1) is 12.5 Å². The third-order valence-corrected chi connectivity index (χ3v) is 5.66. The van der Waals surface area contributed by atoms with Gasteiger partial charge in [-0.15, -0.1) is 11.3 Å². The first-order valence-corrected chi connectivity index (χ1v) is 9.83. The lowest BCUT2D eigenvalue weighted by molar-refractivity contribution is 0.0478. The summed E-state index contributed by atoms with van der Waals surface area (Å²) in [5.41, 5.74) is 2.62. The molecule has 0 saturated heterocycles. The van der Waals surface area contributed by atoms with Gasteiger partial charge >= 0.3 is 5.97 Å². The van der Waals surface area contributed by atoms with Gasteiger partial charge in [-0.3, -0.25) is 0 Å². The van der Waals surface area contributed by atoms with E-state index in [2.05, 4.69) is 15.3 Å². The zero-order valence-electron chi connectivity index (χ0n) is 16.0.